The van der Waals surface area contributed by atoms with Crippen LogP contribution in [0.1, 0.15) is 29.9 Å². The number of methoxy groups -OCH3 is 1. The van der Waals surface area contributed by atoms with Gasteiger partial charge in [-0.3, -0.25) is 0 Å². The number of oxime groups is 1. The molecule has 0 spiro atoms. The van der Waals surface area contributed by atoms with Crippen molar-refractivity contribution in [3.05, 3.63) is 71.8 Å². The molecule has 3 nitrogen and oxygen atoms in total. The van der Waals surface area contributed by atoms with Gasteiger partial charge in [0.1, 0.15) is 5.75 Å². The van der Waals surface area contributed by atoms with Gasteiger partial charge in [-0.05, 0) is 36.1 Å². The van der Waals surface area contributed by atoms with E-state index in [1.807, 2.05) is 42.5 Å². The average molecular weight is 293 g/mol. The summed E-state index contributed by atoms with van der Waals surface area (Å²) in [6.45, 7) is 0. The topological polar surface area (TPSA) is 41.8 Å². The standard InChI is InChI=1S/C19H19NO2/c1-22-19-10-6-5-9-17(19)16-12-11-15(20-21)13-18(16)14-7-3-2-4-8-14/h2-10,13,16,21H,11-12H2,1H3/b20-15-/t16-/m1/s1. The first-order chi connectivity index (χ1) is 10.8. The van der Waals surface area contributed by atoms with Gasteiger partial charge in [0.05, 0.1) is 12.8 Å². The predicted molar refractivity (Wildman–Crippen MR) is 88.6 cm³/mol. The summed E-state index contributed by atoms with van der Waals surface area (Å²) in [7, 11) is 1.70. The fourth-order valence-electron chi connectivity index (χ4n) is 3.07. The lowest BCUT2D eigenvalue weighted by Crippen LogP contribution is -2.13. The van der Waals surface area contributed by atoms with Crippen molar-refractivity contribution in [2.45, 2.75) is 18.8 Å². The monoisotopic (exact) mass is 293 g/mol. The Hall–Kier alpha value is -2.55. The lowest BCUT2D eigenvalue weighted by Gasteiger charge is -2.26. The third-order valence-corrected chi connectivity index (χ3v) is 4.14. The predicted octanol–water partition coefficient (Wildman–Crippen LogP) is 4.49. The summed E-state index contributed by atoms with van der Waals surface area (Å²) in [6, 6.07) is 18.4. The van der Waals surface area contributed by atoms with Crippen molar-refractivity contribution in [3.8, 4) is 5.75 Å². The molecule has 1 N–H and O–H groups in total. The van der Waals surface area contributed by atoms with Crippen LogP contribution in [0.3, 0.4) is 0 Å². The summed E-state index contributed by atoms with van der Waals surface area (Å²) in [5.41, 5.74) is 4.23. The van der Waals surface area contributed by atoms with E-state index in [-0.39, 0.29) is 5.92 Å². The van der Waals surface area contributed by atoms with Crippen LogP contribution >= 0.6 is 0 Å². The van der Waals surface area contributed by atoms with Gasteiger partial charge in [-0.25, -0.2) is 0 Å². The van der Waals surface area contributed by atoms with E-state index in [1.54, 1.807) is 7.11 Å². The Morgan fingerprint density at radius 3 is 2.50 bits per heavy atom. The highest BCUT2D eigenvalue weighted by Crippen LogP contribution is 2.42. The Kier molecular flexibility index (Phi) is 4.24. The molecule has 0 saturated carbocycles. The Balaban J connectivity index is 2.10. The second kappa shape index (κ2) is 6.48. The lowest BCUT2D eigenvalue weighted by atomic mass is 9.78. The first-order valence-corrected chi connectivity index (χ1v) is 7.44. The summed E-state index contributed by atoms with van der Waals surface area (Å²) >= 11 is 0. The van der Waals surface area contributed by atoms with E-state index >= 15 is 0 Å². The number of hydrogen-bond acceptors (Lipinski definition) is 3. The molecule has 0 heterocycles. The Labute approximate surface area is 130 Å². The molecule has 22 heavy (non-hydrogen) atoms. The Morgan fingerprint density at radius 1 is 1.05 bits per heavy atom. The van der Waals surface area contributed by atoms with Crippen LogP contribution in [0.5, 0.6) is 5.75 Å². The number of nitrogens with zero attached hydrogens (tertiary/aromatic N) is 1. The summed E-state index contributed by atoms with van der Waals surface area (Å²) in [5.74, 6) is 1.14. The molecule has 0 aromatic heterocycles. The minimum absolute atomic E-state index is 0.240. The van der Waals surface area contributed by atoms with E-state index in [2.05, 4.69) is 23.4 Å². The molecule has 3 heteroatoms. The van der Waals surface area contributed by atoms with E-state index in [9.17, 15) is 0 Å². The molecular formula is C19H19NO2. The van der Waals surface area contributed by atoms with Gasteiger partial charge in [0.2, 0.25) is 0 Å². The summed E-state index contributed by atoms with van der Waals surface area (Å²) in [5, 5.41) is 12.5. The van der Waals surface area contributed by atoms with Gasteiger partial charge < -0.3 is 9.94 Å². The van der Waals surface area contributed by atoms with Crippen molar-refractivity contribution in [1.82, 2.24) is 0 Å². The summed E-state index contributed by atoms with van der Waals surface area (Å²) < 4.78 is 5.53. The van der Waals surface area contributed by atoms with Gasteiger partial charge >= 0.3 is 0 Å². The fourth-order valence-corrected chi connectivity index (χ4v) is 3.07. The van der Waals surface area contributed by atoms with Crippen molar-refractivity contribution in [3.63, 3.8) is 0 Å². The van der Waals surface area contributed by atoms with E-state index in [0.29, 0.717) is 0 Å². The third-order valence-electron chi connectivity index (χ3n) is 4.14. The van der Waals surface area contributed by atoms with E-state index in [0.717, 1.165) is 29.9 Å². The molecule has 1 atom stereocenters. The van der Waals surface area contributed by atoms with Gasteiger partial charge in [0.15, 0.2) is 0 Å². The summed E-state index contributed by atoms with van der Waals surface area (Å²) in [4.78, 5) is 0. The maximum absolute atomic E-state index is 9.13. The molecule has 0 aliphatic heterocycles. The van der Waals surface area contributed by atoms with Gasteiger partial charge in [-0.1, -0.05) is 53.7 Å². The zero-order valence-corrected chi connectivity index (χ0v) is 12.6. The highest BCUT2D eigenvalue weighted by Gasteiger charge is 2.25. The minimum Gasteiger partial charge on any atom is -0.496 e. The molecule has 3 rings (SSSR count). The van der Waals surface area contributed by atoms with Crippen LogP contribution < -0.4 is 4.74 Å². The van der Waals surface area contributed by atoms with E-state index in [1.165, 1.54) is 11.1 Å². The molecule has 0 saturated heterocycles. The van der Waals surface area contributed by atoms with Crippen LogP contribution in [0.25, 0.3) is 5.57 Å². The number of para-hydroxylation sites is 1. The molecular weight excluding hydrogens is 274 g/mol. The molecule has 0 amide bonds. The molecule has 2 aromatic carbocycles. The van der Waals surface area contributed by atoms with Gasteiger partial charge in [-0.2, -0.15) is 0 Å². The average Bonchev–Trinajstić information content (AvgIpc) is 2.62. The SMILES string of the molecule is COc1ccccc1[C@H]1CC/C(=N/O)C=C1c1ccccc1. The van der Waals surface area contributed by atoms with Crippen LogP contribution in [-0.4, -0.2) is 18.0 Å². The van der Waals surface area contributed by atoms with Crippen LogP contribution in [-0.2, 0) is 0 Å². The maximum atomic E-state index is 9.13. The van der Waals surface area contributed by atoms with Crippen molar-refractivity contribution in [1.29, 1.82) is 0 Å². The normalized spacial score (nSPS) is 19.8. The second-order valence-corrected chi connectivity index (χ2v) is 5.39. The minimum atomic E-state index is 0.240. The highest BCUT2D eigenvalue weighted by molar-refractivity contribution is 6.03. The van der Waals surface area contributed by atoms with Gasteiger partial charge in [0.25, 0.3) is 0 Å². The van der Waals surface area contributed by atoms with E-state index < -0.39 is 0 Å². The Morgan fingerprint density at radius 2 is 1.77 bits per heavy atom. The molecule has 0 bridgehead atoms. The van der Waals surface area contributed by atoms with Crippen LogP contribution in [0.2, 0.25) is 0 Å². The molecule has 0 radical (unpaired) electrons. The first-order valence-electron chi connectivity index (χ1n) is 7.44. The number of rotatable bonds is 3. The molecule has 1 aliphatic rings. The molecule has 0 unspecified atom stereocenters. The largest absolute Gasteiger partial charge is 0.496 e. The lowest BCUT2D eigenvalue weighted by molar-refractivity contribution is 0.317. The van der Waals surface area contributed by atoms with Crippen LogP contribution in [0, 0.1) is 0 Å². The molecule has 112 valence electrons. The van der Waals surface area contributed by atoms with Crippen LogP contribution in [0.15, 0.2) is 65.8 Å². The van der Waals surface area contributed by atoms with Crippen LogP contribution in [0.4, 0.5) is 0 Å². The van der Waals surface area contributed by atoms with Crippen molar-refractivity contribution in [2.24, 2.45) is 5.16 Å². The zero-order chi connectivity index (χ0) is 15.4. The number of hydrogen-bond donors (Lipinski definition) is 1. The second-order valence-electron chi connectivity index (χ2n) is 5.39. The number of ether oxygens (including phenoxy) is 1. The molecule has 1 aliphatic carbocycles. The quantitative estimate of drug-likeness (QED) is 0.669. The highest BCUT2D eigenvalue weighted by atomic mass is 16.5. The molecule has 2 aromatic rings. The maximum Gasteiger partial charge on any atom is 0.122 e. The fraction of sp³-hybridized carbons (Fsp3) is 0.211. The zero-order valence-electron chi connectivity index (χ0n) is 12.6. The molecule has 0 fully saturated rings. The Bertz CT molecular complexity index is 704. The van der Waals surface area contributed by atoms with Crippen molar-refractivity contribution < 1.29 is 9.94 Å². The van der Waals surface area contributed by atoms with Gasteiger partial charge in [0, 0.05) is 11.5 Å². The third kappa shape index (κ3) is 2.75. The van der Waals surface area contributed by atoms with Crippen molar-refractivity contribution >= 4 is 11.3 Å². The number of benzene rings is 2. The smallest absolute Gasteiger partial charge is 0.122 e. The van der Waals surface area contributed by atoms with Gasteiger partial charge in [-0.15, -0.1) is 0 Å². The first kappa shape index (κ1) is 14.4. The van der Waals surface area contributed by atoms with E-state index in [4.69, 9.17) is 9.94 Å². The van der Waals surface area contributed by atoms with Crippen molar-refractivity contribution in [2.75, 3.05) is 7.11 Å². The number of allylic oxidation sites excluding steroid dienone is 2. The summed E-state index contributed by atoms with van der Waals surface area (Å²) in [6.07, 6.45) is 3.66.